The molecule has 4 aromatic rings. The molecule has 6 rings (SSSR count). The first kappa shape index (κ1) is 38.2. The SMILES string of the molecule is O=C(NN1CCCCC1)c1nn(-c2ccc(Cl)cc2Cl)c(-c2ccc(C#Cc3ccc(C(F)(F)F)cc3)s2)c1CN(N1CCC(F)(F)CC1)[SH](=O)=O. The summed E-state index contributed by atoms with van der Waals surface area (Å²) in [5.74, 6) is 2.26. The number of aromatic nitrogens is 2. The molecule has 2 aromatic carbocycles. The maximum absolute atomic E-state index is 14.1. The summed E-state index contributed by atoms with van der Waals surface area (Å²) in [7, 11) is -3.36. The average molecular weight is 802 g/mol. The van der Waals surface area contributed by atoms with Crippen LogP contribution >= 0.6 is 34.5 Å². The van der Waals surface area contributed by atoms with Crippen LogP contribution in [0.2, 0.25) is 10.0 Å². The first-order chi connectivity index (χ1) is 24.7. The molecule has 0 radical (unpaired) electrons. The van der Waals surface area contributed by atoms with Gasteiger partial charge in [0.1, 0.15) is 0 Å². The lowest BCUT2D eigenvalue weighted by Crippen LogP contribution is -2.49. The van der Waals surface area contributed by atoms with Gasteiger partial charge in [-0.1, -0.05) is 41.5 Å². The van der Waals surface area contributed by atoms with Crippen LogP contribution in [0.4, 0.5) is 22.0 Å². The number of benzene rings is 2. The number of hydrogen-bond donors (Lipinski definition) is 2. The van der Waals surface area contributed by atoms with Gasteiger partial charge in [0.15, 0.2) is 5.69 Å². The number of piperidine rings is 2. The summed E-state index contributed by atoms with van der Waals surface area (Å²) in [6, 6.07) is 12.4. The van der Waals surface area contributed by atoms with Gasteiger partial charge in [-0.25, -0.2) is 31.9 Å². The van der Waals surface area contributed by atoms with Crippen molar-refractivity contribution in [2.24, 2.45) is 0 Å². The van der Waals surface area contributed by atoms with E-state index in [4.69, 9.17) is 28.3 Å². The van der Waals surface area contributed by atoms with Crippen molar-refractivity contribution in [3.05, 3.63) is 91.9 Å². The Morgan fingerprint density at radius 1 is 0.962 bits per heavy atom. The monoisotopic (exact) mass is 800 g/mol. The fourth-order valence-corrected chi connectivity index (χ4v) is 7.98. The normalized spacial score (nSPS) is 16.9. The molecular formula is C34H31Cl2F5N6O3S2. The number of alkyl halides is 5. The molecule has 9 nitrogen and oxygen atoms in total. The Balaban J connectivity index is 1.46. The van der Waals surface area contributed by atoms with Crippen LogP contribution in [0.3, 0.4) is 0 Å². The van der Waals surface area contributed by atoms with E-state index < -0.39 is 53.8 Å². The Labute approximate surface area is 311 Å². The highest BCUT2D eigenvalue weighted by molar-refractivity contribution is 7.69. The van der Waals surface area contributed by atoms with Gasteiger partial charge in [0.05, 0.1) is 38.3 Å². The van der Waals surface area contributed by atoms with Crippen LogP contribution in [0.15, 0.2) is 54.6 Å². The molecule has 2 fully saturated rings. The number of nitrogens with one attached hydrogen (secondary N) is 1. The lowest BCUT2D eigenvalue weighted by Gasteiger charge is -2.36. The molecule has 2 aliphatic rings. The standard InChI is InChI=1S/C34H31Cl2F5N6O3S2/c35-24-9-12-28(27(36)20-24)47-31(29-13-11-25(51-29)10-6-22-4-7-23(8-5-22)34(39,40)41)26(30(42-47)32(48)43-44-16-2-1-3-17-44)21-46(52(49)50)45-18-14-33(37,38)15-19-45/h4-5,7-9,11-13,20,52H,1-3,14-19,21H2,(H,43,48). The number of nitrogens with zero attached hydrogens (tertiary/aromatic N) is 5. The van der Waals surface area contributed by atoms with E-state index in [1.165, 1.54) is 39.2 Å². The van der Waals surface area contributed by atoms with Gasteiger partial charge in [-0.3, -0.25) is 10.2 Å². The van der Waals surface area contributed by atoms with Crippen LogP contribution in [-0.4, -0.2) is 70.6 Å². The smallest absolute Gasteiger partial charge is 0.283 e. The van der Waals surface area contributed by atoms with Gasteiger partial charge in [0.25, 0.3) is 11.8 Å². The molecule has 2 aliphatic heterocycles. The number of hydrogen-bond acceptors (Lipinski definition) is 7. The number of halogens is 7. The van der Waals surface area contributed by atoms with E-state index in [0.717, 1.165) is 35.8 Å². The number of hydrazine groups is 2. The fraction of sp³-hybridized carbons (Fsp3) is 0.353. The molecule has 2 aromatic heterocycles. The number of carbonyl (C=O) groups excluding carboxylic acids is 1. The highest BCUT2D eigenvalue weighted by atomic mass is 35.5. The second kappa shape index (κ2) is 15.8. The molecule has 0 bridgehead atoms. The van der Waals surface area contributed by atoms with E-state index in [0.29, 0.717) is 44.8 Å². The molecule has 4 heterocycles. The number of carbonyl (C=O) groups is 1. The van der Waals surface area contributed by atoms with Crippen molar-refractivity contribution in [3.63, 3.8) is 0 Å². The number of thiophene rings is 1. The zero-order chi connectivity index (χ0) is 37.2. The Morgan fingerprint density at radius 3 is 2.29 bits per heavy atom. The van der Waals surface area contributed by atoms with Crippen molar-refractivity contribution >= 4 is 51.3 Å². The van der Waals surface area contributed by atoms with Gasteiger partial charge in [-0.2, -0.15) is 18.3 Å². The third-order valence-corrected chi connectivity index (χ3v) is 10.9. The predicted molar refractivity (Wildman–Crippen MR) is 189 cm³/mol. The van der Waals surface area contributed by atoms with Crippen LogP contribution < -0.4 is 5.43 Å². The molecule has 0 atom stereocenters. The van der Waals surface area contributed by atoms with E-state index >= 15 is 0 Å². The minimum absolute atomic E-state index is 0.110. The second-order valence-corrected chi connectivity index (χ2v) is 15.1. The Hall–Kier alpha value is -3.56. The summed E-state index contributed by atoms with van der Waals surface area (Å²) in [6.07, 6.45) is -2.85. The van der Waals surface area contributed by atoms with Gasteiger partial charge < -0.3 is 0 Å². The van der Waals surface area contributed by atoms with Crippen LogP contribution in [-0.2, 0) is 23.6 Å². The van der Waals surface area contributed by atoms with E-state index in [1.807, 2.05) is 0 Å². The van der Waals surface area contributed by atoms with Crippen LogP contribution in [0.1, 0.15) is 64.2 Å². The Bertz CT molecular complexity index is 2070. The van der Waals surface area contributed by atoms with Gasteiger partial charge >= 0.3 is 6.18 Å². The molecule has 0 spiro atoms. The van der Waals surface area contributed by atoms with Crippen molar-refractivity contribution < 1.29 is 35.2 Å². The van der Waals surface area contributed by atoms with Crippen LogP contribution in [0.5, 0.6) is 0 Å². The molecule has 0 unspecified atom stereocenters. The second-order valence-electron chi connectivity index (χ2n) is 12.2. The van der Waals surface area contributed by atoms with E-state index in [-0.39, 0.29) is 29.4 Å². The molecular weight excluding hydrogens is 770 g/mol. The lowest BCUT2D eigenvalue weighted by molar-refractivity contribution is -0.137. The molecule has 18 heteroatoms. The Kier molecular flexibility index (Phi) is 11.6. The van der Waals surface area contributed by atoms with Gasteiger partial charge in [-0.15, -0.1) is 15.8 Å². The first-order valence-electron chi connectivity index (χ1n) is 16.2. The van der Waals surface area contributed by atoms with Crippen molar-refractivity contribution in [1.82, 2.24) is 29.6 Å². The predicted octanol–water partition coefficient (Wildman–Crippen LogP) is 7.43. The van der Waals surface area contributed by atoms with Gasteiger partial charge in [-0.05, 0) is 67.4 Å². The Morgan fingerprint density at radius 2 is 1.65 bits per heavy atom. The molecule has 52 heavy (non-hydrogen) atoms. The highest BCUT2D eigenvalue weighted by Crippen LogP contribution is 2.38. The fourth-order valence-electron chi connectivity index (χ4n) is 5.93. The summed E-state index contributed by atoms with van der Waals surface area (Å²) in [5, 5.41) is 8.29. The maximum atomic E-state index is 14.1. The summed E-state index contributed by atoms with van der Waals surface area (Å²) < 4.78 is 95.2. The van der Waals surface area contributed by atoms with E-state index in [9.17, 15) is 35.2 Å². The minimum atomic E-state index is -4.49. The topological polar surface area (TPSA) is 90.8 Å². The zero-order valence-corrected chi connectivity index (χ0v) is 30.5. The van der Waals surface area contributed by atoms with Gasteiger partial charge in [0, 0.05) is 55.2 Å². The third kappa shape index (κ3) is 8.96. The van der Waals surface area contributed by atoms with Crippen molar-refractivity contribution in [3.8, 4) is 28.1 Å². The summed E-state index contributed by atoms with van der Waals surface area (Å²) in [6.45, 7) is 0.313. The molecule has 0 saturated carbocycles. The van der Waals surface area contributed by atoms with Crippen molar-refractivity contribution in [2.45, 2.75) is 50.7 Å². The third-order valence-electron chi connectivity index (χ3n) is 8.62. The van der Waals surface area contributed by atoms with Crippen LogP contribution in [0, 0.1) is 11.8 Å². The molecule has 1 amide bonds. The molecule has 0 aliphatic carbocycles. The molecule has 2 saturated heterocycles. The maximum Gasteiger partial charge on any atom is 0.416 e. The highest BCUT2D eigenvalue weighted by Gasteiger charge is 2.38. The molecule has 276 valence electrons. The number of rotatable bonds is 8. The molecule has 1 N–H and O–H groups in total. The summed E-state index contributed by atoms with van der Waals surface area (Å²) in [4.78, 5) is 15.0. The van der Waals surface area contributed by atoms with Crippen molar-refractivity contribution in [2.75, 3.05) is 26.2 Å². The van der Waals surface area contributed by atoms with E-state index in [2.05, 4.69) is 17.3 Å². The lowest BCUT2D eigenvalue weighted by atomic mass is 10.1. The minimum Gasteiger partial charge on any atom is -0.283 e. The largest absolute Gasteiger partial charge is 0.416 e. The number of thiol groups is 1. The van der Waals surface area contributed by atoms with Crippen molar-refractivity contribution in [1.29, 1.82) is 0 Å². The van der Waals surface area contributed by atoms with Crippen LogP contribution in [0.25, 0.3) is 16.3 Å². The summed E-state index contributed by atoms with van der Waals surface area (Å²) in [5.41, 5.74) is 3.12. The number of amides is 1. The van der Waals surface area contributed by atoms with E-state index in [1.54, 1.807) is 29.3 Å². The average Bonchev–Trinajstić information content (AvgIpc) is 3.71. The quantitative estimate of drug-likeness (QED) is 0.110. The zero-order valence-electron chi connectivity index (χ0n) is 27.2. The van der Waals surface area contributed by atoms with Gasteiger partial charge in [0.2, 0.25) is 10.9 Å². The summed E-state index contributed by atoms with van der Waals surface area (Å²) >= 11 is 14.0. The first-order valence-corrected chi connectivity index (χ1v) is 18.9.